The van der Waals surface area contributed by atoms with Gasteiger partial charge >= 0.3 is 0 Å². The maximum atomic E-state index is 2.42. The third-order valence-electron chi connectivity index (χ3n) is 6.57. The Morgan fingerprint density at radius 3 is 1.70 bits per heavy atom. The molecule has 148 valence electrons. The van der Waals surface area contributed by atoms with Gasteiger partial charge in [0.1, 0.15) is 0 Å². The molecule has 0 bridgehead atoms. The van der Waals surface area contributed by atoms with Gasteiger partial charge in [-0.3, -0.25) is 0 Å². The summed E-state index contributed by atoms with van der Waals surface area (Å²) in [4.78, 5) is 2.42. The number of hydrogen-bond donors (Lipinski definition) is 0. The smallest absolute Gasteiger partial charge is 0.0713 e. The molecule has 0 radical (unpaired) electrons. The summed E-state index contributed by atoms with van der Waals surface area (Å²) < 4.78 is 0. The molecule has 1 heteroatoms. The first kappa shape index (κ1) is 18.7. The second-order valence-electron chi connectivity index (χ2n) is 7.93. The minimum Gasteiger partial charge on any atom is -0.372 e. The van der Waals surface area contributed by atoms with Crippen LogP contribution in [0.25, 0.3) is 11.1 Å². The molecule has 0 saturated heterocycles. The van der Waals surface area contributed by atoms with Crippen LogP contribution in [0.1, 0.15) is 36.1 Å². The van der Waals surface area contributed by atoms with Crippen molar-refractivity contribution in [2.45, 2.75) is 19.3 Å². The van der Waals surface area contributed by atoms with Crippen LogP contribution < -0.4 is 4.90 Å². The van der Waals surface area contributed by atoms with E-state index in [0.717, 1.165) is 13.1 Å². The number of rotatable bonds is 5. The van der Waals surface area contributed by atoms with Gasteiger partial charge < -0.3 is 4.90 Å². The van der Waals surface area contributed by atoms with Crippen LogP contribution in [0.2, 0.25) is 0 Å². The molecule has 1 aliphatic rings. The van der Waals surface area contributed by atoms with Crippen molar-refractivity contribution < 1.29 is 0 Å². The SMILES string of the molecule is CCN(CC)c1ccc2c(c1)-c1ccccc1C2(c1ccccc1)c1ccccc1. The number of anilines is 1. The van der Waals surface area contributed by atoms with Gasteiger partial charge in [0.25, 0.3) is 0 Å². The molecule has 30 heavy (non-hydrogen) atoms. The second-order valence-corrected chi connectivity index (χ2v) is 7.93. The highest BCUT2D eigenvalue weighted by Crippen LogP contribution is 2.56. The van der Waals surface area contributed by atoms with Gasteiger partial charge in [-0.15, -0.1) is 0 Å². The fourth-order valence-corrected chi connectivity index (χ4v) is 5.22. The summed E-state index contributed by atoms with van der Waals surface area (Å²) in [6.07, 6.45) is 0. The van der Waals surface area contributed by atoms with Crippen LogP contribution in [0.3, 0.4) is 0 Å². The lowest BCUT2D eigenvalue weighted by molar-refractivity contribution is 0.768. The van der Waals surface area contributed by atoms with Crippen molar-refractivity contribution in [2.24, 2.45) is 0 Å². The van der Waals surface area contributed by atoms with E-state index in [0.29, 0.717) is 0 Å². The summed E-state index contributed by atoms with van der Waals surface area (Å²) in [5, 5.41) is 0. The van der Waals surface area contributed by atoms with Gasteiger partial charge in [0.05, 0.1) is 5.41 Å². The Hall–Kier alpha value is -3.32. The lowest BCUT2D eigenvalue weighted by atomic mass is 9.68. The van der Waals surface area contributed by atoms with Gasteiger partial charge in [-0.25, -0.2) is 0 Å². The number of benzene rings is 4. The van der Waals surface area contributed by atoms with E-state index < -0.39 is 0 Å². The number of nitrogens with zero attached hydrogens (tertiary/aromatic N) is 1. The summed E-state index contributed by atoms with van der Waals surface area (Å²) in [5.41, 5.74) is 9.07. The fourth-order valence-electron chi connectivity index (χ4n) is 5.22. The van der Waals surface area contributed by atoms with Crippen molar-refractivity contribution in [1.29, 1.82) is 0 Å². The maximum absolute atomic E-state index is 2.42. The Morgan fingerprint density at radius 1 is 0.567 bits per heavy atom. The zero-order chi connectivity index (χ0) is 20.6. The van der Waals surface area contributed by atoms with Gasteiger partial charge in [-0.05, 0) is 59.4 Å². The van der Waals surface area contributed by atoms with Gasteiger partial charge in [0.2, 0.25) is 0 Å². The molecule has 4 aromatic rings. The van der Waals surface area contributed by atoms with Gasteiger partial charge in [0.15, 0.2) is 0 Å². The van der Waals surface area contributed by atoms with Crippen LogP contribution in [-0.4, -0.2) is 13.1 Å². The summed E-state index contributed by atoms with van der Waals surface area (Å²) in [5.74, 6) is 0. The zero-order valence-corrected chi connectivity index (χ0v) is 17.7. The van der Waals surface area contributed by atoms with Gasteiger partial charge in [0, 0.05) is 18.8 Å². The van der Waals surface area contributed by atoms with E-state index >= 15 is 0 Å². The third kappa shape index (κ3) is 2.62. The molecule has 0 N–H and O–H groups in total. The molecule has 0 aliphatic heterocycles. The van der Waals surface area contributed by atoms with Crippen molar-refractivity contribution in [3.8, 4) is 11.1 Å². The highest BCUT2D eigenvalue weighted by Gasteiger charge is 2.45. The van der Waals surface area contributed by atoms with Crippen molar-refractivity contribution in [1.82, 2.24) is 0 Å². The van der Waals surface area contributed by atoms with E-state index in [9.17, 15) is 0 Å². The predicted octanol–water partition coefficient (Wildman–Crippen LogP) is 6.90. The minimum absolute atomic E-state index is 0.295. The molecular weight excluding hydrogens is 362 g/mol. The summed E-state index contributed by atoms with van der Waals surface area (Å²) in [7, 11) is 0. The molecule has 0 saturated carbocycles. The van der Waals surface area contributed by atoms with E-state index in [2.05, 4.69) is 122 Å². The quantitative estimate of drug-likeness (QED) is 0.316. The standard InChI is InChI=1S/C29H27N/c1-3-30(4-2)24-19-20-28-26(21-24)25-17-11-12-18-27(25)29(28,22-13-7-5-8-14-22)23-15-9-6-10-16-23/h5-21H,3-4H2,1-2H3. The van der Waals surface area contributed by atoms with Gasteiger partial charge in [-0.1, -0.05) is 91.0 Å². The van der Waals surface area contributed by atoms with Crippen LogP contribution in [0, 0.1) is 0 Å². The highest BCUT2D eigenvalue weighted by atomic mass is 15.1. The Bertz CT molecular complexity index is 1120. The van der Waals surface area contributed by atoms with Crippen LogP contribution in [0.4, 0.5) is 5.69 Å². The average Bonchev–Trinajstić information content (AvgIpc) is 3.12. The normalized spacial score (nSPS) is 13.5. The third-order valence-corrected chi connectivity index (χ3v) is 6.57. The molecular formula is C29H27N. The molecule has 1 aliphatic carbocycles. The van der Waals surface area contributed by atoms with Crippen LogP contribution in [0.5, 0.6) is 0 Å². The average molecular weight is 390 g/mol. The van der Waals surface area contributed by atoms with Crippen LogP contribution >= 0.6 is 0 Å². The van der Waals surface area contributed by atoms with E-state index in [-0.39, 0.29) is 5.41 Å². The molecule has 4 aromatic carbocycles. The van der Waals surface area contributed by atoms with Gasteiger partial charge in [-0.2, -0.15) is 0 Å². The van der Waals surface area contributed by atoms with Crippen molar-refractivity contribution in [3.63, 3.8) is 0 Å². The monoisotopic (exact) mass is 389 g/mol. The minimum atomic E-state index is -0.295. The fraction of sp³-hybridized carbons (Fsp3) is 0.172. The molecule has 0 amide bonds. The second kappa shape index (κ2) is 7.50. The predicted molar refractivity (Wildman–Crippen MR) is 127 cm³/mol. The van der Waals surface area contributed by atoms with Crippen molar-refractivity contribution in [2.75, 3.05) is 18.0 Å². The van der Waals surface area contributed by atoms with Crippen molar-refractivity contribution in [3.05, 3.63) is 125 Å². The number of hydrogen-bond acceptors (Lipinski definition) is 1. The van der Waals surface area contributed by atoms with E-state index in [1.807, 2.05) is 0 Å². The highest BCUT2D eigenvalue weighted by molar-refractivity contribution is 5.88. The Balaban J connectivity index is 1.88. The molecule has 0 aromatic heterocycles. The zero-order valence-electron chi connectivity index (χ0n) is 17.7. The summed E-state index contributed by atoms with van der Waals surface area (Å²) in [6, 6.07) is 37.9. The van der Waals surface area contributed by atoms with E-state index in [1.165, 1.54) is 39.1 Å². The Kier molecular flexibility index (Phi) is 4.67. The molecule has 1 nitrogen and oxygen atoms in total. The number of fused-ring (bicyclic) bond motifs is 3. The molecule has 5 rings (SSSR count). The van der Waals surface area contributed by atoms with Crippen LogP contribution in [-0.2, 0) is 5.41 Å². The lowest BCUT2D eigenvalue weighted by Crippen LogP contribution is -2.28. The summed E-state index contributed by atoms with van der Waals surface area (Å²) in [6.45, 7) is 6.48. The molecule has 0 unspecified atom stereocenters. The molecule has 0 atom stereocenters. The molecule has 0 spiro atoms. The van der Waals surface area contributed by atoms with Crippen molar-refractivity contribution >= 4 is 5.69 Å². The molecule has 0 heterocycles. The Labute approximate surface area is 179 Å². The largest absolute Gasteiger partial charge is 0.372 e. The summed E-state index contributed by atoms with van der Waals surface area (Å²) >= 11 is 0. The lowest BCUT2D eigenvalue weighted by Gasteiger charge is -2.34. The van der Waals surface area contributed by atoms with E-state index in [4.69, 9.17) is 0 Å². The first-order chi connectivity index (χ1) is 14.8. The first-order valence-corrected chi connectivity index (χ1v) is 10.9. The topological polar surface area (TPSA) is 3.24 Å². The first-order valence-electron chi connectivity index (χ1n) is 10.9. The molecule has 0 fully saturated rings. The van der Waals surface area contributed by atoms with Crippen LogP contribution in [0.15, 0.2) is 103 Å². The Morgan fingerprint density at radius 2 is 1.10 bits per heavy atom. The maximum Gasteiger partial charge on any atom is 0.0713 e. The van der Waals surface area contributed by atoms with E-state index in [1.54, 1.807) is 0 Å².